The first-order chi connectivity index (χ1) is 15.6. The number of ether oxygens (including phenoxy) is 2. The Kier molecular flexibility index (Phi) is 5.62. The van der Waals surface area contributed by atoms with Crippen LogP contribution in [0.4, 0.5) is 0 Å². The van der Waals surface area contributed by atoms with Crippen molar-refractivity contribution in [3.05, 3.63) is 89.2 Å². The molecule has 0 amide bonds. The number of aliphatic hydroxyl groups is 2. The summed E-state index contributed by atoms with van der Waals surface area (Å²) in [6, 6.07) is 17.2. The van der Waals surface area contributed by atoms with Crippen LogP contribution in [0.2, 0.25) is 0 Å². The second kappa shape index (κ2) is 8.57. The maximum Gasteiger partial charge on any atom is 0.161 e. The van der Waals surface area contributed by atoms with E-state index in [0.717, 1.165) is 35.1 Å². The lowest BCUT2D eigenvalue weighted by molar-refractivity contribution is 0.00306. The maximum absolute atomic E-state index is 11.6. The average molecular weight is 432 g/mol. The summed E-state index contributed by atoms with van der Waals surface area (Å²) in [4.78, 5) is 4.26. The van der Waals surface area contributed by atoms with Crippen molar-refractivity contribution < 1.29 is 19.7 Å². The average Bonchev–Trinajstić information content (AvgIpc) is 3.42. The summed E-state index contributed by atoms with van der Waals surface area (Å²) in [6.07, 6.45) is 6.79. The van der Waals surface area contributed by atoms with Gasteiger partial charge < -0.3 is 19.7 Å². The molecular weight excluding hydrogens is 402 g/mol. The van der Waals surface area contributed by atoms with Crippen LogP contribution in [0.15, 0.2) is 67.0 Å². The van der Waals surface area contributed by atoms with Crippen LogP contribution in [-0.2, 0) is 11.8 Å². The van der Waals surface area contributed by atoms with Gasteiger partial charge in [0.15, 0.2) is 11.5 Å². The Morgan fingerprint density at radius 2 is 1.66 bits per heavy atom. The molecule has 0 saturated heterocycles. The van der Waals surface area contributed by atoms with Crippen molar-refractivity contribution in [1.29, 1.82) is 0 Å². The molecule has 0 spiro atoms. The van der Waals surface area contributed by atoms with Gasteiger partial charge in [-0.3, -0.25) is 4.98 Å². The molecule has 32 heavy (non-hydrogen) atoms. The number of fused-ring (bicyclic) bond motifs is 1. The molecule has 3 aromatic rings. The quantitative estimate of drug-likeness (QED) is 0.593. The lowest BCUT2D eigenvalue weighted by Gasteiger charge is -2.37. The fraction of sp³-hybridized carbons (Fsp3) is 0.370. The van der Waals surface area contributed by atoms with Gasteiger partial charge >= 0.3 is 0 Å². The van der Waals surface area contributed by atoms with Crippen molar-refractivity contribution in [1.82, 2.24) is 4.98 Å². The SMILES string of the molecule is COc1ccc(C2(Cc3cccnc3)C(O)c3ccccc3C2O)cc1OC1CCCC1. The lowest BCUT2D eigenvalue weighted by atomic mass is 9.70. The highest BCUT2D eigenvalue weighted by Gasteiger charge is 2.53. The van der Waals surface area contributed by atoms with Gasteiger partial charge in [-0.15, -0.1) is 0 Å². The fourth-order valence-electron chi connectivity index (χ4n) is 5.41. The van der Waals surface area contributed by atoms with Crippen molar-refractivity contribution in [2.45, 2.75) is 55.8 Å². The molecule has 5 heteroatoms. The molecular formula is C27H29NO4. The molecule has 1 aromatic heterocycles. The van der Waals surface area contributed by atoms with Gasteiger partial charge in [0.2, 0.25) is 0 Å². The fourth-order valence-corrected chi connectivity index (χ4v) is 5.41. The summed E-state index contributed by atoms with van der Waals surface area (Å²) in [6.45, 7) is 0. The van der Waals surface area contributed by atoms with Crippen LogP contribution in [0.5, 0.6) is 11.5 Å². The first kappa shape index (κ1) is 21.0. The van der Waals surface area contributed by atoms with Gasteiger partial charge in [-0.05, 0) is 72.6 Å². The molecule has 0 radical (unpaired) electrons. The monoisotopic (exact) mass is 431 g/mol. The van der Waals surface area contributed by atoms with Crippen molar-refractivity contribution in [3.63, 3.8) is 0 Å². The number of rotatable bonds is 6. The van der Waals surface area contributed by atoms with E-state index in [4.69, 9.17) is 9.47 Å². The second-order valence-electron chi connectivity index (χ2n) is 8.90. The largest absolute Gasteiger partial charge is 0.493 e. The molecule has 2 aromatic carbocycles. The van der Waals surface area contributed by atoms with E-state index in [0.29, 0.717) is 17.9 Å². The molecule has 2 N–H and O–H groups in total. The predicted molar refractivity (Wildman–Crippen MR) is 122 cm³/mol. The number of hydrogen-bond donors (Lipinski definition) is 2. The predicted octanol–water partition coefficient (Wildman–Crippen LogP) is 4.67. The first-order valence-electron chi connectivity index (χ1n) is 11.3. The molecule has 5 nitrogen and oxygen atoms in total. The Morgan fingerprint density at radius 3 is 2.28 bits per heavy atom. The molecule has 0 aliphatic heterocycles. The minimum atomic E-state index is -0.965. The standard InChI is InChI=1S/C27H29NO4/c1-31-23-13-12-19(15-24(23)32-20-8-2-3-9-20)27(16-18-7-6-14-28-17-18)25(29)21-10-4-5-11-22(21)26(27)30/h4-7,10-15,17,20,25-26,29-30H,2-3,8-9,16H2,1H3. The van der Waals surface area contributed by atoms with Gasteiger partial charge in [0, 0.05) is 12.4 Å². The van der Waals surface area contributed by atoms with E-state index >= 15 is 0 Å². The molecule has 1 heterocycles. The summed E-state index contributed by atoms with van der Waals surface area (Å²) >= 11 is 0. The molecule has 2 unspecified atom stereocenters. The molecule has 2 aliphatic rings. The number of benzene rings is 2. The van der Waals surface area contributed by atoms with E-state index in [-0.39, 0.29) is 6.10 Å². The minimum Gasteiger partial charge on any atom is -0.493 e. The third-order valence-corrected chi connectivity index (χ3v) is 7.08. The number of aromatic nitrogens is 1. The van der Waals surface area contributed by atoms with Gasteiger partial charge in [0.05, 0.1) is 30.8 Å². The van der Waals surface area contributed by atoms with Crippen LogP contribution >= 0.6 is 0 Å². The van der Waals surface area contributed by atoms with Crippen molar-refractivity contribution >= 4 is 0 Å². The summed E-state index contributed by atoms with van der Waals surface area (Å²) < 4.78 is 11.9. The minimum absolute atomic E-state index is 0.170. The smallest absolute Gasteiger partial charge is 0.161 e. The normalized spacial score (nSPS) is 25.0. The zero-order valence-electron chi connectivity index (χ0n) is 18.3. The Balaban J connectivity index is 1.63. The van der Waals surface area contributed by atoms with Crippen LogP contribution in [0, 0.1) is 0 Å². The maximum atomic E-state index is 11.6. The van der Waals surface area contributed by atoms with Crippen LogP contribution in [0.1, 0.15) is 60.1 Å². The summed E-state index contributed by atoms with van der Waals surface area (Å²) in [5.41, 5.74) is 2.34. The van der Waals surface area contributed by atoms with E-state index in [1.807, 2.05) is 54.6 Å². The van der Waals surface area contributed by atoms with Crippen LogP contribution in [0.3, 0.4) is 0 Å². The molecule has 2 atom stereocenters. The lowest BCUT2D eigenvalue weighted by Crippen LogP contribution is -2.37. The van der Waals surface area contributed by atoms with Crippen molar-refractivity contribution in [3.8, 4) is 11.5 Å². The van der Waals surface area contributed by atoms with Crippen LogP contribution < -0.4 is 9.47 Å². The number of nitrogens with zero attached hydrogens (tertiary/aromatic N) is 1. The summed E-state index contributed by atoms with van der Waals surface area (Å²) in [7, 11) is 1.64. The van der Waals surface area contributed by atoms with Gasteiger partial charge in [-0.1, -0.05) is 36.4 Å². The van der Waals surface area contributed by atoms with E-state index in [9.17, 15) is 10.2 Å². The second-order valence-corrected chi connectivity index (χ2v) is 8.90. The molecule has 1 fully saturated rings. The zero-order valence-corrected chi connectivity index (χ0v) is 18.3. The highest BCUT2D eigenvalue weighted by Crippen LogP contribution is 2.56. The van der Waals surface area contributed by atoms with Gasteiger partial charge in [0.25, 0.3) is 0 Å². The number of methoxy groups -OCH3 is 1. The Morgan fingerprint density at radius 1 is 0.938 bits per heavy atom. The topological polar surface area (TPSA) is 71.8 Å². The summed E-state index contributed by atoms with van der Waals surface area (Å²) in [5.74, 6) is 1.33. The Bertz CT molecular complexity index is 1050. The van der Waals surface area contributed by atoms with Crippen molar-refractivity contribution in [2.75, 3.05) is 7.11 Å². The van der Waals surface area contributed by atoms with Crippen LogP contribution in [-0.4, -0.2) is 28.4 Å². The third-order valence-electron chi connectivity index (χ3n) is 7.08. The van der Waals surface area contributed by atoms with E-state index < -0.39 is 17.6 Å². The van der Waals surface area contributed by atoms with Gasteiger partial charge in [0.1, 0.15) is 0 Å². The third kappa shape index (κ3) is 3.46. The molecule has 1 saturated carbocycles. The molecule has 2 aliphatic carbocycles. The number of aliphatic hydroxyl groups excluding tert-OH is 2. The molecule has 5 rings (SSSR count). The van der Waals surface area contributed by atoms with Gasteiger partial charge in [-0.2, -0.15) is 0 Å². The van der Waals surface area contributed by atoms with Crippen LogP contribution in [0.25, 0.3) is 0 Å². The molecule has 166 valence electrons. The highest BCUT2D eigenvalue weighted by molar-refractivity contribution is 5.52. The Labute approximate surface area is 188 Å². The van der Waals surface area contributed by atoms with E-state index in [1.54, 1.807) is 19.5 Å². The Hall–Kier alpha value is -2.89. The van der Waals surface area contributed by atoms with Crippen molar-refractivity contribution in [2.24, 2.45) is 0 Å². The van der Waals surface area contributed by atoms with E-state index in [1.165, 1.54) is 12.8 Å². The number of pyridine rings is 1. The molecule has 0 bridgehead atoms. The van der Waals surface area contributed by atoms with E-state index in [2.05, 4.69) is 4.98 Å². The number of hydrogen-bond acceptors (Lipinski definition) is 5. The van der Waals surface area contributed by atoms with Gasteiger partial charge in [-0.25, -0.2) is 0 Å². The summed E-state index contributed by atoms with van der Waals surface area (Å²) in [5, 5.41) is 23.3. The first-order valence-corrected chi connectivity index (χ1v) is 11.3. The highest BCUT2D eigenvalue weighted by atomic mass is 16.5. The zero-order chi connectivity index (χ0) is 22.1.